The minimum absolute atomic E-state index is 0.508. The van der Waals surface area contributed by atoms with E-state index in [0.717, 1.165) is 11.1 Å². The van der Waals surface area contributed by atoms with E-state index >= 15 is 0 Å². The lowest BCUT2D eigenvalue weighted by Gasteiger charge is -2.12. The molecule has 0 bridgehead atoms. The van der Waals surface area contributed by atoms with Crippen LogP contribution in [0.2, 0.25) is 0 Å². The molecule has 0 aliphatic heterocycles. The van der Waals surface area contributed by atoms with Crippen LogP contribution in [-0.2, 0) is 10.5 Å². The maximum Gasteiger partial charge on any atom is 0.321 e. The highest BCUT2D eigenvalue weighted by molar-refractivity contribution is 7.99. The Morgan fingerprint density at radius 1 is 1.00 bits per heavy atom. The van der Waals surface area contributed by atoms with Gasteiger partial charge in [0.1, 0.15) is 5.25 Å². The number of aliphatic carboxylic acids is 1. The smallest absolute Gasteiger partial charge is 0.321 e. The van der Waals surface area contributed by atoms with Crippen LogP contribution in [-0.4, -0.2) is 11.1 Å². The van der Waals surface area contributed by atoms with Crippen molar-refractivity contribution in [3.63, 3.8) is 0 Å². The molecule has 0 fully saturated rings. The summed E-state index contributed by atoms with van der Waals surface area (Å²) >= 11 is 1.44. The molecule has 1 N–H and O–H groups in total. The zero-order valence-corrected chi connectivity index (χ0v) is 10.6. The number of benzene rings is 2. The Hall–Kier alpha value is -1.74. The normalized spacial score (nSPS) is 12.0. The third-order valence-corrected chi connectivity index (χ3v) is 3.89. The molecular weight excluding hydrogens is 244 g/mol. The van der Waals surface area contributed by atoms with E-state index in [0.29, 0.717) is 5.75 Å². The molecule has 3 heteroatoms. The summed E-state index contributed by atoms with van der Waals surface area (Å²) in [6.07, 6.45) is 0. The maximum absolute atomic E-state index is 11.3. The molecule has 2 aromatic rings. The summed E-state index contributed by atoms with van der Waals surface area (Å²) in [5.41, 5.74) is 1.98. The van der Waals surface area contributed by atoms with E-state index in [1.807, 2.05) is 60.7 Å². The molecule has 18 heavy (non-hydrogen) atoms. The Labute approximate surface area is 111 Å². The van der Waals surface area contributed by atoms with Crippen molar-refractivity contribution in [2.75, 3.05) is 0 Å². The first kappa shape index (κ1) is 12.7. The van der Waals surface area contributed by atoms with Gasteiger partial charge in [-0.05, 0) is 11.1 Å². The summed E-state index contributed by atoms with van der Waals surface area (Å²) in [7, 11) is 0. The molecule has 0 aromatic heterocycles. The summed E-state index contributed by atoms with van der Waals surface area (Å²) in [5.74, 6) is -0.0886. The van der Waals surface area contributed by atoms with Crippen LogP contribution in [0.25, 0.3) is 0 Å². The fourth-order valence-corrected chi connectivity index (χ4v) is 2.74. The molecule has 2 nitrogen and oxygen atoms in total. The lowest BCUT2D eigenvalue weighted by molar-refractivity contribution is -0.136. The largest absolute Gasteiger partial charge is 0.480 e. The van der Waals surface area contributed by atoms with Crippen LogP contribution >= 0.6 is 11.8 Å². The van der Waals surface area contributed by atoms with E-state index < -0.39 is 11.2 Å². The minimum atomic E-state index is -0.790. The Morgan fingerprint density at radius 2 is 1.56 bits per heavy atom. The van der Waals surface area contributed by atoms with Gasteiger partial charge < -0.3 is 5.11 Å². The fraction of sp³-hybridized carbons (Fsp3) is 0.133. The molecule has 0 saturated carbocycles. The molecule has 0 amide bonds. The van der Waals surface area contributed by atoms with Crippen LogP contribution in [0.4, 0.5) is 0 Å². The lowest BCUT2D eigenvalue weighted by atomic mass is 10.1. The van der Waals surface area contributed by atoms with Crippen LogP contribution in [0.15, 0.2) is 60.7 Å². The molecule has 2 rings (SSSR count). The molecule has 92 valence electrons. The number of carbonyl (C=O) groups is 1. The second-order valence-corrected chi connectivity index (χ2v) is 5.02. The molecule has 2 aromatic carbocycles. The highest BCUT2D eigenvalue weighted by Gasteiger charge is 2.19. The third kappa shape index (κ3) is 3.37. The van der Waals surface area contributed by atoms with E-state index in [2.05, 4.69) is 0 Å². The molecule has 0 aliphatic carbocycles. The van der Waals surface area contributed by atoms with Crippen LogP contribution in [0.1, 0.15) is 16.4 Å². The second kappa shape index (κ2) is 6.26. The van der Waals surface area contributed by atoms with Gasteiger partial charge in [0, 0.05) is 5.75 Å². The van der Waals surface area contributed by atoms with Crippen LogP contribution < -0.4 is 0 Å². The van der Waals surface area contributed by atoms with Gasteiger partial charge in [-0.25, -0.2) is 0 Å². The number of hydrogen-bond acceptors (Lipinski definition) is 2. The summed E-state index contributed by atoms with van der Waals surface area (Å²) in [6, 6.07) is 19.3. The average molecular weight is 258 g/mol. The molecule has 1 atom stereocenters. The molecule has 1 unspecified atom stereocenters. The summed E-state index contributed by atoms with van der Waals surface area (Å²) in [4.78, 5) is 11.3. The zero-order valence-electron chi connectivity index (χ0n) is 9.82. The van der Waals surface area contributed by atoms with E-state index in [4.69, 9.17) is 0 Å². The van der Waals surface area contributed by atoms with Gasteiger partial charge in [-0.1, -0.05) is 60.7 Å². The van der Waals surface area contributed by atoms with Crippen molar-refractivity contribution in [1.29, 1.82) is 0 Å². The van der Waals surface area contributed by atoms with Crippen molar-refractivity contribution >= 4 is 17.7 Å². The standard InChI is InChI=1S/C15H14O2S/c16-15(17)14(13-9-5-2-6-10-13)18-11-12-7-3-1-4-8-12/h1-10,14H,11H2,(H,16,17). The number of rotatable bonds is 5. The Morgan fingerprint density at radius 3 is 2.11 bits per heavy atom. The van der Waals surface area contributed by atoms with E-state index in [1.165, 1.54) is 11.8 Å². The molecule has 0 spiro atoms. The number of thioether (sulfide) groups is 1. The third-order valence-electron chi connectivity index (χ3n) is 2.59. The van der Waals surface area contributed by atoms with Gasteiger partial charge >= 0.3 is 5.97 Å². The SMILES string of the molecule is O=C(O)C(SCc1ccccc1)c1ccccc1. The number of carboxylic acids is 1. The molecule has 0 radical (unpaired) electrons. The van der Waals surface area contributed by atoms with Gasteiger partial charge in [0.15, 0.2) is 0 Å². The van der Waals surface area contributed by atoms with Gasteiger partial charge in [-0.2, -0.15) is 0 Å². The molecule has 0 heterocycles. The second-order valence-electron chi connectivity index (χ2n) is 3.93. The van der Waals surface area contributed by atoms with Crippen molar-refractivity contribution in [2.24, 2.45) is 0 Å². The van der Waals surface area contributed by atoms with Gasteiger partial charge in [-0.3, -0.25) is 4.79 Å². The molecule has 0 aliphatic rings. The number of carboxylic acid groups (broad SMARTS) is 1. The van der Waals surface area contributed by atoms with Gasteiger partial charge in [0.05, 0.1) is 0 Å². The van der Waals surface area contributed by atoms with Crippen LogP contribution in [0.5, 0.6) is 0 Å². The first-order valence-electron chi connectivity index (χ1n) is 5.70. The van der Waals surface area contributed by atoms with Crippen molar-refractivity contribution in [1.82, 2.24) is 0 Å². The Balaban J connectivity index is 2.06. The Kier molecular flexibility index (Phi) is 4.42. The predicted octanol–water partition coefficient (Wildman–Crippen LogP) is 3.75. The maximum atomic E-state index is 11.3. The summed E-state index contributed by atoms with van der Waals surface area (Å²) in [5, 5.41) is 8.78. The van der Waals surface area contributed by atoms with Crippen molar-refractivity contribution in [3.05, 3.63) is 71.8 Å². The molecular formula is C15H14O2S. The van der Waals surface area contributed by atoms with Gasteiger partial charge in [0.2, 0.25) is 0 Å². The van der Waals surface area contributed by atoms with E-state index in [-0.39, 0.29) is 0 Å². The average Bonchev–Trinajstić information content (AvgIpc) is 2.41. The summed E-state index contributed by atoms with van der Waals surface area (Å²) in [6.45, 7) is 0. The first-order valence-corrected chi connectivity index (χ1v) is 6.75. The van der Waals surface area contributed by atoms with E-state index in [1.54, 1.807) is 0 Å². The first-order chi connectivity index (χ1) is 8.77. The topological polar surface area (TPSA) is 37.3 Å². The highest BCUT2D eigenvalue weighted by atomic mass is 32.2. The zero-order chi connectivity index (χ0) is 12.8. The highest BCUT2D eigenvalue weighted by Crippen LogP contribution is 2.31. The quantitative estimate of drug-likeness (QED) is 0.887. The van der Waals surface area contributed by atoms with Gasteiger partial charge in [-0.15, -0.1) is 11.8 Å². The van der Waals surface area contributed by atoms with Crippen molar-refractivity contribution < 1.29 is 9.90 Å². The minimum Gasteiger partial charge on any atom is -0.480 e. The monoisotopic (exact) mass is 258 g/mol. The van der Waals surface area contributed by atoms with Gasteiger partial charge in [0.25, 0.3) is 0 Å². The summed E-state index contributed by atoms with van der Waals surface area (Å²) < 4.78 is 0. The Bertz CT molecular complexity index is 496. The molecule has 0 saturated heterocycles. The predicted molar refractivity (Wildman–Crippen MR) is 74.6 cm³/mol. The van der Waals surface area contributed by atoms with Crippen LogP contribution in [0.3, 0.4) is 0 Å². The van der Waals surface area contributed by atoms with Crippen LogP contribution in [0, 0.1) is 0 Å². The van der Waals surface area contributed by atoms with E-state index in [9.17, 15) is 9.90 Å². The van der Waals surface area contributed by atoms with Crippen molar-refractivity contribution in [2.45, 2.75) is 11.0 Å². The number of hydrogen-bond donors (Lipinski definition) is 1. The van der Waals surface area contributed by atoms with Crippen molar-refractivity contribution in [3.8, 4) is 0 Å². The fourth-order valence-electron chi connectivity index (χ4n) is 1.69. The lowest BCUT2D eigenvalue weighted by Crippen LogP contribution is -2.08.